The molecule has 4 aromatic rings. The van der Waals surface area contributed by atoms with Gasteiger partial charge in [-0.05, 0) is 24.3 Å². The second-order valence-electron chi connectivity index (χ2n) is 6.62. The molecule has 32 heavy (non-hydrogen) atoms. The summed E-state index contributed by atoms with van der Waals surface area (Å²) >= 11 is 0. The third-order valence-electron chi connectivity index (χ3n) is 4.86. The number of rotatable bonds is 6. The number of fused-ring (bicyclic) bond motifs is 1. The molecule has 0 aliphatic heterocycles. The van der Waals surface area contributed by atoms with E-state index in [4.69, 9.17) is 19.9 Å². The van der Waals surface area contributed by atoms with Gasteiger partial charge in [-0.1, -0.05) is 6.07 Å². The Hall–Kier alpha value is -4.54. The summed E-state index contributed by atoms with van der Waals surface area (Å²) in [6.07, 6.45) is 0. The molecule has 0 bridgehead atoms. The molecule has 0 saturated carbocycles. The first kappa shape index (κ1) is 20.7. The highest BCUT2D eigenvalue weighted by molar-refractivity contribution is 6.02. The van der Waals surface area contributed by atoms with E-state index >= 15 is 0 Å². The lowest BCUT2D eigenvalue weighted by molar-refractivity contribution is 0.0997. The number of phenols is 1. The zero-order valence-corrected chi connectivity index (χ0v) is 17.4. The second-order valence-corrected chi connectivity index (χ2v) is 6.62. The minimum Gasteiger partial charge on any atom is -0.504 e. The Bertz CT molecular complexity index is 1410. The number of para-hydroxylation sites is 1. The van der Waals surface area contributed by atoms with E-state index in [1.807, 2.05) is 0 Å². The van der Waals surface area contributed by atoms with Gasteiger partial charge in [0.2, 0.25) is 0 Å². The van der Waals surface area contributed by atoms with E-state index in [0.29, 0.717) is 17.2 Å². The summed E-state index contributed by atoms with van der Waals surface area (Å²) in [4.78, 5) is 36.2. The van der Waals surface area contributed by atoms with Crippen molar-refractivity contribution in [2.75, 3.05) is 21.3 Å². The van der Waals surface area contributed by atoms with Crippen molar-refractivity contribution < 1.29 is 24.1 Å². The Morgan fingerprint density at radius 2 is 1.81 bits per heavy atom. The number of amides is 1. The summed E-state index contributed by atoms with van der Waals surface area (Å²) in [6.45, 7) is 0. The van der Waals surface area contributed by atoms with Gasteiger partial charge in [0.05, 0.1) is 32.6 Å². The average Bonchev–Trinajstić information content (AvgIpc) is 3.13. The Morgan fingerprint density at radius 1 is 1.06 bits per heavy atom. The van der Waals surface area contributed by atoms with Crippen molar-refractivity contribution in [3.63, 3.8) is 0 Å². The summed E-state index contributed by atoms with van der Waals surface area (Å²) in [6, 6.07) is 9.59. The van der Waals surface area contributed by atoms with Crippen molar-refractivity contribution in [3.05, 3.63) is 52.6 Å². The molecule has 4 rings (SSSR count). The summed E-state index contributed by atoms with van der Waals surface area (Å²) in [5, 5.41) is 10.5. The van der Waals surface area contributed by atoms with Gasteiger partial charge in [0.1, 0.15) is 17.0 Å². The number of aromatic hydroxyl groups is 1. The fourth-order valence-corrected chi connectivity index (χ4v) is 3.34. The maximum atomic E-state index is 12.9. The highest BCUT2D eigenvalue weighted by Gasteiger charge is 2.23. The lowest BCUT2D eigenvalue weighted by Gasteiger charge is -2.12. The van der Waals surface area contributed by atoms with Crippen LogP contribution in [0.2, 0.25) is 0 Å². The zero-order valence-electron chi connectivity index (χ0n) is 17.4. The van der Waals surface area contributed by atoms with Crippen LogP contribution >= 0.6 is 0 Å². The van der Waals surface area contributed by atoms with Crippen LogP contribution < -0.4 is 25.6 Å². The molecule has 0 saturated heterocycles. The molecule has 11 nitrogen and oxygen atoms in total. The Balaban J connectivity index is 2.07. The summed E-state index contributed by atoms with van der Waals surface area (Å²) in [5.41, 5.74) is 5.37. The summed E-state index contributed by atoms with van der Waals surface area (Å²) in [7, 11) is 4.35. The first-order valence-corrected chi connectivity index (χ1v) is 9.30. The minimum absolute atomic E-state index is 0.0251. The predicted molar refractivity (Wildman–Crippen MR) is 115 cm³/mol. The average molecular weight is 437 g/mol. The molecule has 2 aromatic carbocycles. The molecular weight excluding hydrogens is 418 g/mol. The van der Waals surface area contributed by atoms with Crippen molar-refractivity contribution in [2.24, 2.45) is 5.73 Å². The maximum absolute atomic E-state index is 12.9. The zero-order chi connectivity index (χ0) is 23.0. The predicted octanol–water partition coefficient (Wildman–Crippen LogP) is 1.61. The molecule has 11 heteroatoms. The van der Waals surface area contributed by atoms with Crippen LogP contribution in [-0.4, -0.2) is 51.9 Å². The standard InChI is InChI=1S/C21H19N5O6/c1-30-10-7-8-12(14(9-10)32-3)26-20-16(24-21(26)29)15(18(22)28)23-19(25-20)11-5-4-6-13(31-2)17(11)27/h4-9,27H,1-3H3,(H2,22,28)(H,24,29). The van der Waals surface area contributed by atoms with Crippen LogP contribution in [0.1, 0.15) is 10.5 Å². The minimum atomic E-state index is -0.879. The van der Waals surface area contributed by atoms with E-state index in [0.717, 1.165) is 0 Å². The molecular formula is C21H19N5O6. The number of nitrogens with zero attached hydrogens (tertiary/aromatic N) is 3. The van der Waals surface area contributed by atoms with Gasteiger partial charge >= 0.3 is 5.69 Å². The van der Waals surface area contributed by atoms with Gasteiger partial charge in [-0.2, -0.15) is 0 Å². The van der Waals surface area contributed by atoms with Gasteiger partial charge < -0.3 is 30.0 Å². The molecule has 2 aromatic heterocycles. The van der Waals surface area contributed by atoms with Crippen LogP contribution in [-0.2, 0) is 0 Å². The molecule has 0 fully saturated rings. The van der Waals surface area contributed by atoms with Crippen LogP contribution in [0.5, 0.6) is 23.0 Å². The number of methoxy groups -OCH3 is 3. The van der Waals surface area contributed by atoms with Crippen molar-refractivity contribution in [1.29, 1.82) is 0 Å². The third-order valence-corrected chi connectivity index (χ3v) is 4.86. The van der Waals surface area contributed by atoms with E-state index in [9.17, 15) is 14.7 Å². The maximum Gasteiger partial charge on any atom is 0.332 e. The van der Waals surface area contributed by atoms with Crippen molar-refractivity contribution in [1.82, 2.24) is 19.5 Å². The molecule has 0 unspecified atom stereocenters. The van der Waals surface area contributed by atoms with Gasteiger partial charge in [-0.15, -0.1) is 0 Å². The smallest absolute Gasteiger partial charge is 0.332 e. The van der Waals surface area contributed by atoms with E-state index in [1.165, 1.54) is 25.9 Å². The largest absolute Gasteiger partial charge is 0.504 e. The van der Waals surface area contributed by atoms with E-state index in [2.05, 4.69) is 15.0 Å². The molecule has 4 N–H and O–H groups in total. The number of carbonyl (C=O) groups excluding carboxylic acids is 1. The van der Waals surface area contributed by atoms with Crippen molar-refractivity contribution in [2.45, 2.75) is 0 Å². The molecule has 0 atom stereocenters. The van der Waals surface area contributed by atoms with Gasteiger partial charge in [0.15, 0.2) is 28.7 Å². The molecule has 2 heterocycles. The highest BCUT2D eigenvalue weighted by atomic mass is 16.5. The van der Waals surface area contributed by atoms with E-state index in [1.54, 1.807) is 36.4 Å². The molecule has 0 aliphatic carbocycles. The number of H-pyrrole nitrogens is 1. The monoisotopic (exact) mass is 437 g/mol. The fourth-order valence-electron chi connectivity index (χ4n) is 3.34. The number of nitrogens with two attached hydrogens (primary N) is 1. The number of imidazole rings is 1. The molecule has 0 radical (unpaired) electrons. The van der Waals surface area contributed by atoms with E-state index < -0.39 is 11.6 Å². The lowest BCUT2D eigenvalue weighted by atomic mass is 10.1. The van der Waals surface area contributed by atoms with Crippen molar-refractivity contribution >= 4 is 17.1 Å². The molecule has 1 amide bonds. The van der Waals surface area contributed by atoms with Gasteiger partial charge in [0.25, 0.3) is 5.91 Å². The lowest BCUT2D eigenvalue weighted by Crippen LogP contribution is -2.16. The highest BCUT2D eigenvalue weighted by Crippen LogP contribution is 2.36. The second kappa shape index (κ2) is 7.95. The number of phenolic OH excluding ortho intramolecular Hbond substituents is 1. The number of primary amides is 1. The first-order chi connectivity index (χ1) is 15.4. The number of benzene rings is 2. The molecule has 164 valence electrons. The van der Waals surface area contributed by atoms with Gasteiger partial charge in [0, 0.05) is 6.07 Å². The van der Waals surface area contributed by atoms with Crippen LogP contribution in [0, 0.1) is 0 Å². The van der Waals surface area contributed by atoms with E-state index in [-0.39, 0.29) is 39.7 Å². The SMILES string of the molecule is COc1ccc(-n2c(=O)[nH]c3c(C(N)=O)nc(-c4cccc(OC)c4O)nc32)c(OC)c1. The van der Waals surface area contributed by atoms with Crippen molar-refractivity contribution in [3.8, 4) is 40.1 Å². The summed E-state index contributed by atoms with van der Waals surface area (Å²) in [5.74, 6) is -0.0873. The van der Waals surface area contributed by atoms with Gasteiger partial charge in [-0.3, -0.25) is 4.79 Å². The number of carbonyl (C=O) groups is 1. The van der Waals surface area contributed by atoms with Crippen LogP contribution in [0.15, 0.2) is 41.2 Å². The Kier molecular flexibility index (Phi) is 5.15. The Morgan fingerprint density at radius 3 is 2.47 bits per heavy atom. The number of hydrogen-bond acceptors (Lipinski definition) is 8. The number of hydrogen-bond donors (Lipinski definition) is 3. The van der Waals surface area contributed by atoms with Crippen LogP contribution in [0.25, 0.3) is 28.2 Å². The number of nitrogens with one attached hydrogen (secondary N) is 1. The molecule has 0 aliphatic rings. The summed E-state index contributed by atoms with van der Waals surface area (Å²) < 4.78 is 17.0. The van der Waals surface area contributed by atoms with Crippen LogP contribution in [0.3, 0.4) is 0 Å². The fraction of sp³-hybridized carbons (Fsp3) is 0.143. The third kappa shape index (κ3) is 3.25. The normalized spacial score (nSPS) is 10.8. The number of ether oxygens (including phenoxy) is 3. The van der Waals surface area contributed by atoms with Crippen LogP contribution in [0.4, 0.5) is 0 Å². The quantitative estimate of drug-likeness (QED) is 0.411. The molecule has 0 spiro atoms. The number of aromatic nitrogens is 4. The Labute approximate surface area is 181 Å². The number of aromatic amines is 1. The van der Waals surface area contributed by atoms with Gasteiger partial charge in [-0.25, -0.2) is 19.3 Å². The topological polar surface area (TPSA) is 155 Å². The first-order valence-electron chi connectivity index (χ1n) is 9.30.